The molecule has 2 unspecified atom stereocenters. The van der Waals surface area contributed by atoms with Gasteiger partial charge in [-0.1, -0.05) is 0 Å². The topological polar surface area (TPSA) is 110 Å². The van der Waals surface area contributed by atoms with Crippen molar-refractivity contribution in [1.82, 2.24) is 4.90 Å². The molecule has 128 valence electrons. The van der Waals surface area contributed by atoms with Gasteiger partial charge in [-0.2, -0.15) is 0 Å². The van der Waals surface area contributed by atoms with Gasteiger partial charge in [-0.3, -0.25) is 0 Å². The molecule has 3 N–H and O–H groups in total. The number of likely N-dealkylation sites (tertiary alicyclic amines) is 1. The normalized spacial score (nSPS) is 35.4. The molecule has 0 aromatic carbocycles. The summed E-state index contributed by atoms with van der Waals surface area (Å²) in [6.45, 7) is 5.94. The molecule has 0 bridgehead atoms. The third-order valence-corrected chi connectivity index (χ3v) is 6.13. The lowest BCUT2D eigenvalue weighted by Gasteiger charge is -2.47. The standard InChI is InChI=1S/C14H26N2O5S/c1-12(2,3)21-11(17)16-7-4-5-13(15,9-16)14(18)6-8-22(19,20)10-14/h18H,4-10,15H2,1-3H3. The van der Waals surface area contributed by atoms with E-state index in [4.69, 9.17) is 10.5 Å². The number of hydrogen-bond acceptors (Lipinski definition) is 6. The second-order valence-electron chi connectivity index (χ2n) is 7.54. The summed E-state index contributed by atoms with van der Waals surface area (Å²) in [7, 11) is -3.27. The zero-order chi connectivity index (χ0) is 16.8. The Morgan fingerprint density at radius 1 is 1.32 bits per heavy atom. The van der Waals surface area contributed by atoms with Gasteiger partial charge < -0.3 is 20.5 Å². The van der Waals surface area contributed by atoms with Crippen LogP contribution in [0.5, 0.6) is 0 Å². The Bertz CT molecular complexity index is 556. The third-order valence-electron chi connectivity index (χ3n) is 4.39. The molecule has 0 aromatic rings. The maximum Gasteiger partial charge on any atom is 0.410 e. The van der Waals surface area contributed by atoms with E-state index >= 15 is 0 Å². The van der Waals surface area contributed by atoms with Crippen LogP contribution in [0.1, 0.15) is 40.0 Å². The van der Waals surface area contributed by atoms with Crippen molar-refractivity contribution in [3.05, 3.63) is 0 Å². The molecule has 7 nitrogen and oxygen atoms in total. The predicted octanol–water partition coefficient (Wildman–Crippen LogP) is 0.264. The van der Waals surface area contributed by atoms with Gasteiger partial charge in [0.15, 0.2) is 9.84 Å². The van der Waals surface area contributed by atoms with Gasteiger partial charge in [-0.05, 0) is 40.0 Å². The van der Waals surface area contributed by atoms with Crippen LogP contribution in [0.2, 0.25) is 0 Å². The second kappa shape index (κ2) is 5.35. The first kappa shape index (κ1) is 17.5. The number of nitrogens with zero attached hydrogens (tertiary/aromatic N) is 1. The summed E-state index contributed by atoms with van der Waals surface area (Å²) in [5.74, 6) is -0.395. The Morgan fingerprint density at radius 2 is 1.95 bits per heavy atom. The molecule has 2 aliphatic rings. The van der Waals surface area contributed by atoms with Gasteiger partial charge >= 0.3 is 6.09 Å². The maximum absolute atomic E-state index is 12.2. The van der Waals surface area contributed by atoms with E-state index in [1.807, 2.05) is 0 Å². The number of carbonyl (C=O) groups is 1. The molecular formula is C14H26N2O5S. The van der Waals surface area contributed by atoms with Crippen LogP contribution in [0.3, 0.4) is 0 Å². The number of aliphatic hydroxyl groups is 1. The average Bonchev–Trinajstić information content (AvgIpc) is 2.63. The van der Waals surface area contributed by atoms with E-state index in [2.05, 4.69) is 0 Å². The molecule has 2 fully saturated rings. The summed E-state index contributed by atoms with van der Waals surface area (Å²) in [4.78, 5) is 13.7. The molecule has 2 heterocycles. The summed E-state index contributed by atoms with van der Waals surface area (Å²) in [6.07, 6.45) is 0.733. The average molecular weight is 334 g/mol. The van der Waals surface area contributed by atoms with Crippen LogP contribution in [0.25, 0.3) is 0 Å². The minimum atomic E-state index is -3.27. The minimum absolute atomic E-state index is 0.0606. The van der Waals surface area contributed by atoms with Crippen LogP contribution < -0.4 is 5.73 Å². The molecule has 1 amide bonds. The molecular weight excluding hydrogens is 308 g/mol. The highest BCUT2D eigenvalue weighted by Gasteiger charge is 2.55. The Labute approximate surface area is 131 Å². The van der Waals surface area contributed by atoms with Gasteiger partial charge in [0.05, 0.1) is 22.6 Å². The van der Waals surface area contributed by atoms with Crippen LogP contribution in [0, 0.1) is 0 Å². The number of piperidine rings is 1. The summed E-state index contributed by atoms with van der Waals surface area (Å²) < 4.78 is 28.8. The fraction of sp³-hybridized carbons (Fsp3) is 0.929. The SMILES string of the molecule is CC(C)(C)OC(=O)N1CCCC(N)(C2(O)CCS(=O)(=O)C2)C1. The summed E-state index contributed by atoms with van der Waals surface area (Å²) in [6, 6.07) is 0. The van der Waals surface area contributed by atoms with Gasteiger partial charge in [-0.25, -0.2) is 13.2 Å². The lowest BCUT2D eigenvalue weighted by molar-refractivity contribution is -0.0515. The molecule has 0 saturated carbocycles. The van der Waals surface area contributed by atoms with E-state index in [-0.39, 0.29) is 24.5 Å². The number of ether oxygens (including phenoxy) is 1. The molecule has 22 heavy (non-hydrogen) atoms. The molecule has 0 aliphatic carbocycles. The highest BCUT2D eigenvalue weighted by molar-refractivity contribution is 7.91. The van der Waals surface area contributed by atoms with Crippen molar-refractivity contribution in [3.63, 3.8) is 0 Å². The fourth-order valence-corrected chi connectivity index (χ4v) is 5.12. The molecule has 8 heteroatoms. The fourth-order valence-electron chi connectivity index (χ4n) is 3.17. The van der Waals surface area contributed by atoms with Crippen LogP contribution >= 0.6 is 0 Å². The largest absolute Gasteiger partial charge is 0.444 e. The Morgan fingerprint density at radius 3 is 2.45 bits per heavy atom. The number of carbonyl (C=O) groups excluding carboxylic acids is 1. The molecule has 2 saturated heterocycles. The lowest BCUT2D eigenvalue weighted by atomic mass is 9.74. The Balaban J connectivity index is 2.14. The molecule has 0 aromatic heterocycles. The molecule has 0 radical (unpaired) electrons. The van der Waals surface area contributed by atoms with Gasteiger partial charge in [-0.15, -0.1) is 0 Å². The van der Waals surface area contributed by atoms with E-state index < -0.39 is 32.7 Å². The molecule has 2 atom stereocenters. The molecule has 2 aliphatic heterocycles. The first-order chi connectivity index (χ1) is 9.86. The molecule has 2 rings (SSSR count). The van der Waals surface area contributed by atoms with Crippen molar-refractivity contribution in [2.24, 2.45) is 5.73 Å². The zero-order valence-corrected chi connectivity index (χ0v) is 14.3. The third kappa shape index (κ3) is 3.55. The minimum Gasteiger partial charge on any atom is -0.444 e. The van der Waals surface area contributed by atoms with Crippen LogP contribution in [0.15, 0.2) is 0 Å². The first-order valence-corrected chi connectivity index (χ1v) is 9.38. The van der Waals surface area contributed by atoms with Crippen molar-refractivity contribution >= 4 is 15.9 Å². The van der Waals surface area contributed by atoms with Crippen molar-refractivity contribution < 1.29 is 23.1 Å². The quantitative estimate of drug-likeness (QED) is 0.712. The van der Waals surface area contributed by atoms with Gasteiger partial charge in [0, 0.05) is 13.1 Å². The van der Waals surface area contributed by atoms with E-state index in [1.165, 1.54) is 4.90 Å². The maximum atomic E-state index is 12.2. The Kier molecular flexibility index (Phi) is 4.25. The van der Waals surface area contributed by atoms with Gasteiger partial charge in [0.1, 0.15) is 5.60 Å². The first-order valence-electron chi connectivity index (χ1n) is 7.56. The second-order valence-corrected chi connectivity index (χ2v) is 9.72. The number of rotatable bonds is 1. The molecule has 0 spiro atoms. The van der Waals surface area contributed by atoms with E-state index in [0.717, 1.165) is 0 Å². The number of hydrogen-bond donors (Lipinski definition) is 2. The van der Waals surface area contributed by atoms with Crippen molar-refractivity contribution in [2.45, 2.75) is 56.8 Å². The number of amides is 1. The number of sulfone groups is 1. The van der Waals surface area contributed by atoms with Gasteiger partial charge in [0.2, 0.25) is 0 Å². The smallest absolute Gasteiger partial charge is 0.410 e. The van der Waals surface area contributed by atoms with Crippen LogP contribution in [0.4, 0.5) is 4.79 Å². The summed E-state index contributed by atoms with van der Waals surface area (Å²) >= 11 is 0. The van der Waals surface area contributed by atoms with Gasteiger partial charge in [0.25, 0.3) is 0 Å². The summed E-state index contributed by atoms with van der Waals surface area (Å²) in [5.41, 5.74) is 3.14. The van der Waals surface area contributed by atoms with E-state index in [0.29, 0.717) is 19.4 Å². The van der Waals surface area contributed by atoms with E-state index in [1.54, 1.807) is 20.8 Å². The van der Waals surface area contributed by atoms with Crippen molar-refractivity contribution in [2.75, 3.05) is 24.6 Å². The van der Waals surface area contributed by atoms with Crippen LogP contribution in [-0.4, -0.2) is 65.9 Å². The van der Waals surface area contributed by atoms with Crippen molar-refractivity contribution in [3.8, 4) is 0 Å². The Hall–Kier alpha value is -0.860. The van der Waals surface area contributed by atoms with Crippen LogP contribution in [-0.2, 0) is 14.6 Å². The lowest BCUT2D eigenvalue weighted by Crippen LogP contribution is -2.69. The highest BCUT2D eigenvalue weighted by Crippen LogP contribution is 2.37. The predicted molar refractivity (Wildman–Crippen MR) is 82.2 cm³/mol. The zero-order valence-electron chi connectivity index (χ0n) is 13.5. The monoisotopic (exact) mass is 334 g/mol. The summed E-state index contributed by atoms with van der Waals surface area (Å²) in [5, 5.41) is 10.8. The highest BCUT2D eigenvalue weighted by atomic mass is 32.2. The van der Waals surface area contributed by atoms with Crippen molar-refractivity contribution in [1.29, 1.82) is 0 Å². The van der Waals surface area contributed by atoms with E-state index in [9.17, 15) is 18.3 Å². The number of nitrogens with two attached hydrogens (primary N) is 1.